The third-order valence-electron chi connectivity index (χ3n) is 4.39. The van der Waals surface area contributed by atoms with Crippen molar-refractivity contribution in [3.8, 4) is 0 Å². The number of thioether (sulfide) groups is 1. The van der Waals surface area contributed by atoms with Crippen LogP contribution in [0.3, 0.4) is 0 Å². The Morgan fingerprint density at radius 1 is 1.44 bits per heavy atom. The van der Waals surface area contributed by atoms with Crippen LogP contribution in [0.1, 0.15) is 44.9 Å². The van der Waals surface area contributed by atoms with Crippen molar-refractivity contribution in [2.24, 2.45) is 16.3 Å². The molecule has 2 rings (SSSR count). The summed E-state index contributed by atoms with van der Waals surface area (Å²) in [6.45, 7) is 1.02. The number of nitrogens with two attached hydrogens (primary N) is 1. The van der Waals surface area contributed by atoms with Crippen LogP contribution in [0.15, 0.2) is 5.16 Å². The third kappa shape index (κ3) is 3.54. The summed E-state index contributed by atoms with van der Waals surface area (Å²) in [4.78, 5) is 0. The normalized spacial score (nSPS) is 31.3. The van der Waals surface area contributed by atoms with Gasteiger partial charge >= 0.3 is 0 Å². The molecular formula is C13H25N3OS. The van der Waals surface area contributed by atoms with Crippen molar-refractivity contribution < 1.29 is 5.21 Å². The van der Waals surface area contributed by atoms with E-state index in [9.17, 15) is 0 Å². The Bertz CT molecular complexity index is 305. The van der Waals surface area contributed by atoms with Crippen molar-refractivity contribution in [2.45, 2.75) is 56.2 Å². The first kappa shape index (κ1) is 14.0. The molecule has 18 heavy (non-hydrogen) atoms. The van der Waals surface area contributed by atoms with Crippen LogP contribution in [0, 0.1) is 5.41 Å². The van der Waals surface area contributed by atoms with Crippen LogP contribution in [-0.4, -0.2) is 35.1 Å². The van der Waals surface area contributed by atoms with E-state index in [1.165, 1.54) is 38.5 Å². The van der Waals surface area contributed by atoms with Crippen molar-refractivity contribution >= 4 is 17.6 Å². The Hall–Kier alpha value is -0.420. The lowest BCUT2D eigenvalue weighted by Crippen LogP contribution is -2.43. The molecule has 0 saturated heterocycles. The Kier molecular flexibility index (Phi) is 4.78. The molecule has 2 saturated carbocycles. The van der Waals surface area contributed by atoms with Crippen LogP contribution in [0.2, 0.25) is 0 Å². The minimum absolute atomic E-state index is 0.275. The molecule has 5 heteroatoms. The third-order valence-corrected chi connectivity index (χ3v) is 5.56. The second-order valence-electron chi connectivity index (χ2n) is 5.81. The fraction of sp³-hybridized carbons (Fsp3) is 0.923. The lowest BCUT2D eigenvalue weighted by atomic mass is 9.93. The van der Waals surface area contributed by atoms with Gasteiger partial charge in [0.1, 0.15) is 5.84 Å². The van der Waals surface area contributed by atoms with E-state index in [1.807, 2.05) is 11.8 Å². The second kappa shape index (κ2) is 6.15. The molecule has 0 bridgehead atoms. The molecule has 0 amide bonds. The summed E-state index contributed by atoms with van der Waals surface area (Å²) < 4.78 is 0. The maximum Gasteiger partial charge on any atom is 0.139 e. The van der Waals surface area contributed by atoms with E-state index < -0.39 is 0 Å². The molecule has 4 nitrogen and oxygen atoms in total. The van der Waals surface area contributed by atoms with Gasteiger partial charge in [-0.25, -0.2) is 0 Å². The molecule has 2 aliphatic rings. The van der Waals surface area contributed by atoms with Crippen molar-refractivity contribution in [3.63, 3.8) is 0 Å². The summed E-state index contributed by atoms with van der Waals surface area (Å²) in [6, 6.07) is 0.651. The molecule has 2 atom stereocenters. The number of amidine groups is 1. The van der Waals surface area contributed by atoms with Crippen LogP contribution >= 0.6 is 11.8 Å². The smallest absolute Gasteiger partial charge is 0.139 e. The molecule has 0 aromatic carbocycles. The standard InChI is InChI=1S/C13H25N3OS/c1-18-11-5-3-2-4-10(11)15-9-13(6-7-13)8-12(14)16-17/h10-11,15,17H,2-9H2,1H3,(H2,14,16). The van der Waals surface area contributed by atoms with Gasteiger partial charge in [0.05, 0.1) is 0 Å². The number of hydrogen-bond donors (Lipinski definition) is 3. The average Bonchev–Trinajstić information content (AvgIpc) is 3.16. The molecule has 2 aliphatic carbocycles. The van der Waals surface area contributed by atoms with E-state index in [-0.39, 0.29) is 5.41 Å². The number of nitrogens with one attached hydrogen (secondary N) is 1. The van der Waals surface area contributed by atoms with E-state index in [1.54, 1.807) is 0 Å². The summed E-state index contributed by atoms with van der Waals surface area (Å²) >= 11 is 1.99. The Balaban J connectivity index is 1.80. The highest BCUT2D eigenvalue weighted by molar-refractivity contribution is 7.99. The monoisotopic (exact) mass is 271 g/mol. The van der Waals surface area contributed by atoms with Crippen molar-refractivity contribution in [1.82, 2.24) is 5.32 Å². The molecule has 0 heterocycles. The molecular weight excluding hydrogens is 246 g/mol. The molecule has 104 valence electrons. The van der Waals surface area contributed by atoms with Gasteiger partial charge in [-0.2, -0.15) is 11.8 Å². The zero-order chi connectivity index (χ0) is 13.0. The van der Waals surface area contributed by atoms with Crippen LogP contribution in [0.4, 0.5) is 0 Å². The lowest BCUT2D eigenvalue weighted by molar-refractivity contribution is 0.311. The summed E-state index contributed by atoms with van der Waals surface area (Å²) in [6.07, 6.45) is 10.7. The van der Waals surface area contributed by atoms with Crippen molar-refractivity contribution in [3.05, 3.63) is 0 Å². The first-order valence-electron chi connectivity index (χ1n) is 6.92. The van der Waals surface area contributed by atoms with Gasteiger partial charge in [-0.3, -0.25) is 0 Å². The molecule has 0 aromatic rings. The lowest BCUT2D eigenvalue weighted by Gasteiger charge is -2.32. The predicted octanol–water partition coefficient (Wildman–Crippen LogP) is 2.17. The molecule has 2 unspecified atom stereocenters. The molecule has 0 spiro atoms. The van der Waals surface area contributed by atoms with Crippen LogP contribution in [0.25, 0.3) is 0 Å². The van der Waals surface area contributed by atoms with Crippen LogP contribution in [0.5, 0.6) is 0 Å². The van der Waals surface area contributed by atoms with Crippen molar-refractivity contribution in [1.29, 1.82) is 0 Å². The second-order valence-corrected chi connectivity index (χ2v) is 6.89. The molecule has 0 radical (unpaired) electrons. The maximum absolute atomic E-state index is 8.66. The zero-order valence-corrected chi connectivity index (χ0v) is 12.0. The highest BCUT2D eigenvalue weighted by Crippen LogP contribution is 2.48. The minimum Gasteiger partial charge on any atom is -0.409 e. The topological polar surface area (TPSA) is 70.6 Å². The first-order valence-corrected chi connectivity index (χ1v) is 8.20. The van der Waals surface area contributed by atoms with Crippen molar-refractivity contribution in [2.75, 3.05) is 12.8 Å². The van der Waals surface area contributed by atoms with E-state index in [4.69, 9.17) is 10.9 Å². The van der Waals surface area contributed by atoms with E-state index >= 15 is 0 Å². The van der Waals surface area contributed by atoms with Gasteiger partial charge in [0.15, 0.2) is 0 Å². The van der Waals surface area contributed by atoms with Gasteiger partial charge < -0.3 is 16.3 Å². The SMILES string of the molecule is CSC1CCCCC1NCC1(CC(N)=NO)CC1. The molecule has 0 aliphatic heterocycles. The summed E-state index contributed by atoms with van der Waals surface area (Å²) in [5.74, 6) is 0.374. The average molecular weight is 271 g/mol. The van der Waals surface area contributed by atoms with E-state index in [2.05, 4.69) is 16.7 Å². The highest BCUT2D eigenvalue weighted by atomic mass is 32.2. The quantitative estimate of drug-likeness (QED) is 0.300. The minimum atomic E-state index is 0.275. The summed E-state index contributed by atoms with van der Waals surface area (Å²) in [5.41, 5.74) is 5.90. The first-order chi connectivity index (χ1) is 8.69. The highest BCUT2D eigenvalue weighted by Gasteiger charge is 2.43. The van der Waals surface area contributed by atoms with Gasteiger partial charge in [0.2, 0.25) is 0 Å². The number of oxime groups is 1. The van der Waals surface area contributed by atoms with Gasteiger partial charge in [0.25, 0.3) is 0 Å². The van der Waals surface area contributed by atoms with Gasteiger partial charge in [-0.1, -0.05) is 18.0 Å². The largest absolute Gasteiger partial charge is 0.409 e. The van der Waals surface area contributed by atoms with E-state index in [0.717, 1.165) is 18.2 Å². The maximum atomic E-state index is 8.66. The zero-order valence-electron chi connectivity index (χ0n) is 11.2. The van der Waals surface area contributed by atoms with E-state index in [0.29, 0.717) is 11.9 Å². The molecule has 2 fully saturated rings. The number of nitrogens with zero attached hydrogens (tertiary/aromatic N) is 1. The Morgan fingerprint density at radius 3 is 2.78 bits per heavy atom. The molecule has 0 aromatic heterocycles. The van der Waals surface area contributed by atoms with Gasteiger partial charge in [0, 0.05) is 24.3 Å². The predicted molar refractivity (Wildman–Crippen MR) is 77.3 cm³/mol. The molecule has 4 N–H and O–H groups in total. The Morgan fingerprint density at radius 2 is 2.17 bits per heavy atom. The van der Waals surface area contributed by atoms with Crippen LogP contribution < -0.4 is 11.1 Å². The summed E-state index contributed by atoms with van der Waals surface area (Å²) in [7, 11) is 0. The Labute approximate surface area is 114 Å². The fourth-order valence-corrected chi connectivity index (χ4v) is 3.94. The van der Waals surface area contributed by atoms with Gasteiger partial charge in [-0.15, -0.1) is 0 Å². The number of rotatable bonds is 6. The fourth-order valence-electron chi connectivity index (χ4n) is 2.97. The number of hydrogen-bond acceptors (Lipinski definition) is 4. The van der Waals surface area contributed by atoms with Gasteiger partial charge in [-0.05, 0) is 37.4 Å². The van der Waals surface area contributed by atoms with Crippen LogP contribution in [-0.2, 0) is 0 Å². The summed E-state index contributed by atoms with van der Waals surface area (Å²) in [5, 5.41) is 16.3.